The fourth-order valence-electron chi connectivity index (χ4n) is 3.79. The summed E-state index contributed by atoms with van der Waals surface area (Å²) in [5, 5.41) is 2.80. The Hall–Kier alpha value is -2.00. The molecule has 162 valence electrons. The quantitative estimate of drug-likeness (QED) is 0.474. The molecule has 1 saturated heterocycles. The molecule has 0 spiro atoms. The number of halogens is 1. The topological polar surface area (TPSA) is 66.5 Å². The second-order valence-corrected chi connectivity index (χ2v) is 12.0. The third-order valence-corrected chi connectivity index (χ3v) is 9.02. The van der Waals surface area contributed by atoms with Crippen LogP contribution in [0.2, 0.25) is 0 Å². The van der Waals surface area contributed by atoms with Gasteiger partial charge in [0, 0.05) is 18.8 Å². The van der Waals surface area contributed by atoms with Crippen molar-refractivity contribution in [2.24, 2.45) is 5.92 Å². The highest BCUT2D eigenvalue weighted by atomic mass is 79.9. The summed E-state index contributed by atoms with van der Waals surface area (Å²) in [5.74, 6) is 0.288. The van der Waals surface area contributed by atoms with Crippen molar-refractivity contribution in [2.75, 3.05) is 18.4 Å². The Morgan fingerprint density at radius 1 is 1.00 bits per heavy atom. The van der Waals surface area contributed by atoms with E-state index < -0.39 is 10.0 Å². The molecule has 3 aromatic rings. The van der Waals surface area contributed by atoms with E-state index in [0.29, 0.717) is 29.6 Å². The van der Waals surface area contributed by atoms with E-state index in [1.54, 1.807) is 34.6 Å². The van der Waals surface area contributed by atoms with Crippen LogP contribution >= 0.6 is 27.3 Å². The first-order valence-corrected chi connectivity index (χ1v) is 13.2. The number of rotatable bonds is 6. The molecular formula is C23H23BrN2O3S2. The van der Waals surface area contributed by atoms with Gasteiger partial charge in [-0.15, -0.1) is 11.3 Å². The van der Waals surface area contributed by atoms with Crippen LogP contribution < -0.4 is 5.32 Å². The third-order valence-electron chi connectivity index (χ3n) is 5.49. The van der Waals surface area contributed by atoms with E-state index in [1.165, 1.54) is 16.9 Å². The minimum absolute atomic E-state index is 0.216. The highest BCUT2D eigenvalue weighted by Crippen LogP contribution is 2.27. The normalized spacial score (nSPS) is 15.6. The van der Waals surface area contributed by atoms with Crippen molar-refractivity contribution >= 4 is 48.9 Å². The fourth-order valence-corrected chi connectivity index (χ4v) is 6.54. The number of anilines is 1. The Labute approximate surface area is 195 Å². The summed E-state index contributed by atoms with van der Waals surface area (Å²) >= 11 is 4.69. The van der Waals surface area contributed by atoms with Crippen LogP contribution in [0.5, 0.6) is 0 Å². The Morgan fingerprint density at radius 3 is 2.29 bits per heavy atom. The summed E-state index contributed by atoms with van der Waals surface area (Å²) in [6, 6.07) is 20.3. The van der Waals surface area contributed by atoms with Crippen LogP contribution in [-0.4, -0.2) is 31.7 Å². The molecule has 1 amide bonds. The van der Waals surface area contributed by atoms with Crippen molar-refractivity contribution < 1.29 is 13.2 Å². The van der Waals surface area contributed by atoms with Gasteiger partial charge in [-0.1, -0.05) is 30.3 Å². The molecule has 4 rings (SSSR count). The molecule has 2 heterocycles. The molecular weight excluding hydrogens is 496 g/mol. The molecule has 0 atom stereocenters. The van der Waals surface area contributed by atoms with Gasteiger partial charge < -0.3 is 5.32 Å². The van der Waals surface area contributed by atoms with Crippen molar-refractivity contribution in [2.45, 2.75) is 24.2 Å². The lowest BCUT2D eigenvalue weighted by molar-refractivity contribution is 0.103. The highest BCUT2D eigenvalue weighted by Gasteiger charge is 2.29. The number of amides is 1. The van der Waals surface area contributed by atoms with Gasteiger partial charge in [0.1, 0.15) is 0 Å². The van der Waals surface area contributed by atoms with Gasteiger partial charge >= 0.3 is 0 Å². The predicted molar refractivity (Wildman–Crippen MR) is 128 cm³/mol. The number of carbonyl (C=O) groups is 1. The molecule has 2 aromatic carbocycles. The van der Waals surface area contributed by atoms with Crippen molar-refractivity contribution in [1.29, 1.82) is 0 Å². The minimum Gasteiger partial charge on any atom is -0.321 e. The number of carbonyl (C=O) groups excluding carboxylic acids is 1. The second-order valence-electron chi connectivity index (χ2n) is 7.62. The van der Waals surface area contributed by atoms with Gasteiger partial charge in [0.25, 0.3) is 5.91 Å². The van der Waals surface area contributed by atoms with E-state index >= 15 is 0 Å². The molecule has 1 aliphatic rings. The van der Waals surface area contributed by atoms with E-state index in [-0.39, 0.29) is 10.8 Å². The average molecular weight is 519 g/mol. The number of thiophene rings is 1. The molecule has 0 radical (unpaired) electrons. The minimum atomic E-state index is -3.54. The average Bonchev–Trinajstić information content (AvgIpc) is 3.22. The first-order valence-electron chi connectivity index (χ1n) is 10.1. The highest BCUT2D eigenvalue weighted by molar-refractivity contribution is 9.11. The summed E-state index contributed by atoms with van der Waals surface area (Å²) in [5.41, 5.74) is 1.87. The molecule has 5 nitrogen and oxygen atoms in total. The Balaban J connectivity index is 1.36. The van der Waals surface area contributed by atoms with Crippen molar-refractivity contribution in [3.05, 3.63) is 81.0 Å². The summed E-state index contributed by atoms with van der Waals surface area (Å²) in [6.07, 6.45) is 2.71. The molecule has 1 fully saturated rings. The van der Waals surface area contributed by atoms with Crippen LogP contribution in [0.15, 0.2) is 75.4 Å². The van der Waals surface area contributed by atoms with Crippen molar-refractivity contribution in [3.8, 4) is 0 Å². The van der Waals surface area contributed by atoms with Crippen molar-refractivity contribution in [1.82, 2.24) is 4.31 Å². The standard InChI is InChI=1S/C23H23BrN2O3S2/c24-22-11-10-21(30-22)23(27)25-19-6-8-20(9-7-19)31(28,29)26-14-12-18(13-15-26)16-17-4-2-1-3-5-17/h1-11,18H,12-16H2,(H,25,27). The molecule has 0 bridgehead atoms. The Bertz CT molecular complexity index is 1140. The summed E-state index contributed by atoms with van der Waals surface area (Å²) in [7, 11) is -3.54. The van der Waals surface area contributed by atoms with Gasteiger partial charge in [-0.3, -0.25) is 4.79 Å². The zero-order valence-electron chi connectivity index (χ0n) is 16.8. The predicted octanol–water partition coefficient (Wildman–Crippen LogP) is 5.41. The van der Waals surface area contributed by atoms with Crippen LogP contribution in [0.1, 0.15) is 28.1 Å². The van der Waals surface area contributed by atoms with Gasteiger partial charge in [-0.25, -0.2) is 8.42 Å². The maximum atomic E-state index is 13.0. The van der Waals surface area contributed by atoms with E-state index in [4.69, 9.17) is 0 Å². The first kappa shape index (κ1) is 22.2. The number of nitrogens with one attached hydrogen (secondary N) is 1. The number of hydrogen-bond acceptors (Lipinski definition) is 4. The lowest BCUT2D eigenvalue weighted by Crippen LogP contribution is -2.38. The number of piperidine rings is 1. The van der Waals surface area contributed by atoms with Gasteiger partial charge in [-0.2, -0.15) is 4.31 Å². The summed E-state index contributed by atoms with van der Waals surface area (Å²) in [4.78, 5) is 13.1. The van der Waals surface area contributed by atoms with Crippen molar-refractivity contribution in [3.63, 3.8) is 0 Å². The molecule has 0 unspecified atom stereocenters. The monoisotopic (exact) mass is 518 g/mol. The lowest BCUT2D eigenvalue weighted by atomic mass is 9.91. The summed E-state index contributed by atoms with van der Waals surface area (Å²) in [6.45, 7) is 1.07. The molecule has 0 aliphatic carbocycles. The smallest absolute Gasteiger partial charge is 0.265 e. The van der Waals surface area contributed by atoms with Crippen LogP contribution in [-0.2, 0) is 16.4 Å². The lowest BCUT2D eigenvalue weighted by Gasteiger charge is -2.31. The molecule has 31 heavy (non-hydrogen) atoms. The number of hydrogen-bond donors (Lipinski definition) is 1. The first-order chi connectivity index (χ1) is 14.9. The molecule has 1 N–H and O–H groups in total. The molecule has 8 heteroatoms. The van der Waals surface area contributed by atoms with Gasteiger partial charge in [0.15, 0.2) is 0 Å². The zero-order chi connectivity index (χ0) is 21.8. The number of nitrogens with zero attached hydrogens (tertiary/aromatic N) is 1. The largest absolute Gasteiger partial charge is 0.321 e. The second kappa shape index (κ2) is 9.65. The van der Waals surface area contributed by atoms with Crippen LogP contribution in [0, 0.1) is 5.92 Å². The van der Waals surface area contributed by atoms with E-state index in [0.717, 1.165) is 23.0 Å². The van der Waals surface area contributed by atoms with E-state index in [9.17, 15) is 13.2 Å². The maximum Gasteiger partial charge on any atom is 0.265 e. The van der Waals surface area contributed by atoms with Gasteiger partial charge in [0.2, 0.25) is 10.0 Å². The molecule has 1 aromatic heterocycles. The SMILES string of the molecule is O=C(Nc1ccc(S(=O)(=O)N2CCC(Cc3ccccc3)CC2)cc1)c1ccc(Br)s1. The van der Waals surface area contributed by atoms with Gasteiger partial charge in [0.05, 0.1) is 13.6 Å². The molecule has 0 saturated carbocycles. The van der Waals surface area contributed by atoms with E-state index in [2.05, 4.69) is 33.4 Å². The maximum absolute atomic E-state index is 13.0. The number of sulfonamides is 1. The van der Waals surface area contributed by atoms with Crippen LogP contribution in [0.25, 0.3) is 0 Å². The summed E-state index contributed by atoms with van der Waals surface area (Å²) < 4.78 is 28.5. The molecule has 1 aliphatic heterocycles. The van der Waals surface area contributed by atoms with Gasteiger partial charge in [-0.05, 0) is 83.1 Å². The van der Waals surface area contributed by atoms with E-state index in [1.807, 2.05) is 24.3 Å². The zero-order valence-corrected chi connectivity index (χ0v) is 20.0. The number of benzene rings is 2. The Morgan fingerprint density at radius 2 is 1.68 bits per heavy atom. The third kappa shape index (κ3) is 5.44. The Kier molecular flexibility index (Phi) is 6.91. The fraction of sp³-hybridized carbons (Fsp3) is 0.261. The van der Waals surface area contributed by atoms with Crippen LogP contribution in [0.3, 0.4) is 0 Å². The van der Waals surface area contributed by atoms with Crippen LogP contribution in [0.4, 0.5) is 5.69 Å².